The maximum Gasteiger partial charge on any atom is 1.00 e. The first kappa shape index (κ1) is 25.5. The number of aromatic carboxylic acids is 1. The molecule has 2 amide bonds. The minimum Gasteiger partial charge on any atom is -1.00 e. The molecule has 0 unspecified atom stereocenters. The number of hydrogen-bond donors (Lipinski definition) is 3. The van der Waals surface area contributed by atoms with Gasteiger partial charge >= 0.3 is 41.6 Å². The molecule has 34 heavy (non-hydrogen) atoms. The van der Waals surface area contributed by atoms with Crippen molar-refractivity contribution in [3.63, 3.8) is 0 Å². The molecular formula is C25H21ClN3NaO4. The number of anilines is 1. The first-order valence-corrected chi connectivity index (χ1v) is 10.5. The molecule has 0 atom stereocenters. The van der Waals surface area contributed by atoms with Gasteiger partial charge in [0.05, 0.1) is 12.1 Å². The van der Waals surface area contributed by atoms with E-state index >= 15 is 0 Å². The van der Waals surface area contributed by atoms with Crippen LogP contribution in [0.4, 0.5) is 10.5 Å². The summed E-state index contributed by atoms with van der Waals surface area (Å²) in [5.74, 6) is -1.09. The van der Waals surface area contributed by atoms with E-state index in [0.717, 1.165) is 11.1 Å². The van der Waals surface area contributed by atoms with E-state index in [4.69, 9.17) is 16.7 Å². The summed E-state index contributed by atoms with van der Waals surface area (Å²) in [5.41, 5.74) is 2.49. The Kier molecular flexibility index (Phi) is 8.17. The molecule has 1 aromatic heterocycles. The van der Waals surface area contributed by atoms with E-state index in [0.29, 0.717) is 27.2 Å². The molecule has 4 aromatic rings. The molecule has 0 saturated carbocycles. The number of benzene rings is 3. The van der Waals surface area contributed by atoms with Crippen LogP contribution in [0.3, 0.4) is 0 Å². The summed E-state index contributed by atoms with van der Waals surface area (Å²) < 4.78 is 1.52. The number of halogens is 1. The molecular weight excluding hydrogens is 465 g/mol. The number of carbonyl (C=O) groups is 2. The Labute approximate surface area is 224 Å². The summed E-state index contributed by atoms with van der Waals surface area (Å²) in [6.07, 6.45) is 0. The molecule has 3 aromatic carbocycles. The Hall–Kier alpha value is -3.10. The van der Waals surface area contributed by atoms with Crippen LogP contribution in [0.25, 0.3) is 21.9 Å². The molecule has 0 saturated heterocycles. The summed E-state index contributed by atoms with van der Waals surface area (Å²) in [5, 5.41) is 16.2. The van der Waals surface area contributed by atoms with Crippen molar-refractivity contribution < 1.29 is 45.7 Å². The fourth-order valence-corrected chi connectivity index (χ4v) is 3.91. The van der Waals surface area contributed by atoms with Crippen LogP contribution >= 0.6 is 11.6 Å². The number of fused-ring (bicyclic) bond motifs is 1. The van der Waals surface area contributed by atoms with Gasteiger partial charge in [-0.1, -0.05) is 48.0 Å². The molecule has 0 spiro atoms. The SMILES string of the molecule is Cn1c(CNC(=O)Nc2cccc(C(=O)O)c2)c(-c2ccccc2)c2cc(Cl)ccc2c1=O.[H-].[Na+]. The maximum atomic E-state index is 13.0. The van der Waals surface area contributed by atoms with Crippen LogP contribution in [-0.2, 0) is 13.6 Å². The number of aromatic nitrogens is 1. The van der Waals surface area contributed by atoms with Crippen LogP contribution in [0.5, 0.6) is 0 Å². The van der Waals surface area contributed by atoms with Crippen molar-refractivity contribution in [2.24, 2.45) is 7.05 Å². The van der Waals surface area contributed by atoms with E-state index < -0.39 is 12.0 Å². The molecule has 3 N–H and O–H groups in total. The van der Waals surface area contributed by atoms with Crippen molar-refractivity contribution >= 4 is 40.1 Å². The van der Waals surface area contributed by atoms with E-state index in [2.05, 4.69) is 10.6 Å². The minimum atomic E-state index is -1.09. The third-order valence-corrected chi connectivity index (χ3v) is 5.56. The van der Waals surface area contributed by atoms with E-state index in [1.165, 1.54) is 16.7 Å². The van der Waals surface area contributed by atoms with Crippen molar-refractivity contribution in [2.75, 3.05) is 5.32 Å². The van der Waals surface area contributed by atoms with Gasteiger partial charge in [0.2, 0.25) is 0 Å². The van der Waals surface area contributed by atoms with Gasteiger partial charge in [-0.3, -0.25) is 4.79 Å². The van der Waals surface area contributed by atoms with Gasteiger partial charge in [0.25, 0.3) is 5.56 Å². The van der Waals surface area contributed by atoms with Gasteiger partial charge in [0.1, 0.15) is 0 Å². The Balaban J connectivity index is 0.00000216. The van der Waals surface area contributed by atoms with Crippen molar-refractivity contribution in [2.45, 2.75) is 6.54 Å². The van der Waals surface area contributed by atoms with E-state index in [1.807, 2.05) is 30.3 Å². The molecule has 7 nitrogen and oxygen atoms in total. The zero-order chi connectivity index (χ0) is 23.5. The number of hydrogen-bond acceptors (Lipinski definition) is 3. The normalized spacial score (nSPS) is 10.4. The molecule has 0 aliphatic heterocycles. The van der Waals surface area contributed by atoms with Crippen molar-refractivity contribution in [1.82, 2.24) is 9.88 Å². The number of urea groups is 1. The first-order valence-electron chi connectivity index (χ1n) is 10.1. The third kappa shape index (κ3) is 5.34. The van der Waals surface area contributed by atoms with Gasteiger partial charge in [-0.25, -0.2) is 9.59 Å². The zero-order valence-corrected chi connectivity index (χ0v) is 21.4. The van der Waals surface area contributed by atoms with Gasteiger partial charge in [0.15, 0.2) is 0 Å². The molecule has 9 heteroatoms. The Bertz CT molecular complexity index is 1440. The van der Waals surface area contributed by atoms with Crippen LogP contribution in [-0.4, -0.2) is 21.7 Å². The molecule has 0 fully saturated rings. The average Bonchev–Trinajstić information content (AvgIpc) is 2.81. The number of amides is 2. The summed E-state index contributed by atoms with van der Waals surface area (Å²) >= 11 is 6.25. The quantitative estimate of drug-likeness (QED) is 0.376. The van der Waals surface area contributed by atoms with Crippen LogP contribution < -0.4 is 45.8 Å². The van der Waals surface area contributed by atoms with Crippen molar-refractivity contribution in [3.8, 4) is 11.1 Å². The average molecular weight is 486 g/mol. The summed E-state index contributed by atoms with van der Waals surface area (Å²) in [4.78, 5) is 36.7. The largest absolute Gasteiger partial charge is 1.00 e. The van der Waals surface area contributed by atoms with Gasteiger partial charge in [-0.15, -0.1) is 0 Å². The van der Waals surface area contributed by atoms with Gasteiger partial charge in [-0.05, 0) is 47.3 Å². The minimum absolute atomic E-state index is 0. The van der Waals surface area contributed by atoms with Crippen molar-refractivity contribution in [3.05, 3.63) is 99.4 Å². The number of nitrogens with one attached hydrogen (secondary N) is 2. The second-order valence-corrected chi connectivity index (χ2v) is 7.87. The summed E-state index contributed by atoms with van der Waals surface area (Å²) in [7, 11) is 1.66. The fraction of sp³-hybridized carbons (Fsp3) is 0.0800. The molecule has 4 rings (SSSR count). The Morgan fingerprint density at radius 1 is 1.00 bits per heavy atom. The number of carbonyl (C=O) groups excluding carboxylic acids is 1. The zero-order valence-electron chi connectivity index (χ0n) is 19.6. The standard InChI is InChI=1S/C25H20ClN3O4.Na.H/c1-29-21(14-27-25(33)28-18-9-5-8-16(12-18)24(31)32)22(15-6-3-2-4-7-15)20-13-17(26)10-11-19(20)23(29)30;;/h2-13H,14H2,1H3,(H,31,32)(H2,27,28,33);;/q;+1;-1. The van der Waals surface area contributed by atoms with E-state index in [9.17, 15) is 14.4 Å². The van der Waals surface area contributed by atoms with Gasteiger partial charge < -0.3 is 21.7 Å². The summed E-state index contributed by atoms with van der Waals surface area (Å²) in [6, 6.07) is 20.1. The van der Waals surface area contributed by atoms with Crippen LogP contribution in [0, 0.1) is 0 Å². The summed E-state index contributed by atoms with van der Waals surface area (Å²) in [6.45, 7) is 0.0584. The van der Waals surface area contributed by atoms with Crippen molar-refractivity contribution in [1.29, 1.82) is 0 Å². The fourth-order valence-electron chi connectivity index (χ4n) is 3.74. The number of rotatable bonds is 5. The number of nitrogens with zero attached hydrogens (tertiary/aromatic N) is 1. The van der Waals surface area contributed by atoms with Crippen LogP contribution in [0.2, 0.25) is 5.02 Å². The molecule has 168 valence electrons. The third-order valence-electron chi connectivity index (χ3n) is 5.33. The number of pyridine rings is 1. The van der Waals surface area contributed by atoms with Gasteiger partial charge in [0, 0.05) is 34.4 Å². The molecule has 0 aliphatic carbocycles. The first-order chi connectivity index (χ1) is 15.8. The number of carboxylic acid groups (broad SMARTS) is 1. The Morgan fingerprint density at radius 3 is 2.44 bits per heavy atom. The predicted molar refractivity (Wildman–Crippen MR) is 130 cm³/mol. The topological polar surface area (TPSA) is 100 Å². The molecule has 0 aliphatic rings. The molecule has 0 radical (unpaired) electrons. The van der Waals surface area contributed by atoms with E-state index in [-0.39, 0.29) is 48.7 Å². The predicted octanol–water partition coefficient (Wildman–Crippen LogP) is 2.00. The van der Waals surface area contributed by atoms with Gasteiger partial charge in [-0.2, -0.15) is 0 Å². The second kappa shape index (κ2) is 10.9. The Morgan fingerprint density at radius 2 is 1.74 bits per heavy atom. The van der Waals surface area contributed by atoms with E-state index in [1.54, 1.807) is 37.4 Å². The monoisotopic (exact) mass is 485 g/mol. The second-order valence-electron chi connectivity index (χ2n) is 7.44. The maximum absolute atomic E-state index is 13.0. The molecule has 0 bridgehead atoms. The smallest absolute Gasteiger partial charge is 1.00 e. The van der Waals surface area contributed by atoms with Crippen LogP contribution in [0.1, 0.15) is 17.5 Å². The number of carboxylic acids is 1. The van der Waals surface area contributed by atoms with Crippen LogP contribution in [0.15, 0.2) is 77.6 Å². The molecule has 1 heterocycles.